The third-order valence-electron chi connectivity index (χ3n) is 3.93. The Bertz CT molecular complexity index is 475. The van der Waals surface area contributed by atoms with Crippen LogP contribution in [0.5, 0.6) is 5.75 Å². The van der Waals surface area contributed by atoms with Crippen LogP contribution in [0.3, 0.4) is 0 Å². The lowest BCUT2D eigenvalue weighted by Crippen LogP contribution is -2.56. The lowest BCUT2D eigenvalue weighted by molar-refractivity contribution is -0.145. The number of benzene rings is 1. The van der Waals surface area contributed by atoms with Crippen molar-refractivity contribution in [3.05, 3.63) is 29.8 Å². The summed E-state index contributed by atoms with van der Waals surface area (Å²) in [6.07, 6.45) is 1.39. The molecule has 0 spiro atoms. The summed E-state index contributed by atoms with van der Waals surface area (Å²) in [5.41, 5.74) is 7.03. The first-order valence-electron chi connectivity index (χ1n) is 7.46. The number of carbonyl (C=O) groups excluding carboxylic acids is 1. The molecule has 0 bridgehead atoms. The number of phenols is 1. The van der Waals surface area contributed by atoms with Crippen LogP contribution in [0.15, 0.2) is 24.3 Å². The van der Waals surface area contributed by atoms with Gasteiger partial charge in [0, 0.05) is 6.54 Å². The minimum Gasteiger partial charge on any atom is -0.508 e. The number of nitrogens with two attached hydrogens (primary N) is 1. The summed E-state index contributed by atoms with van der Waals surface area (Å²) >= 11 is 0. The van der Waals surface area contributed by atoms with E-state index in [1.54, 1.807) is 24.3 Å². The third-order valence-corrected chi connectivity index (χ3v) is 3.93. The van der Waals surface area contributed by atoms with Gasteiger partial charge in [0.2, 0.25) is 5.91 Å². The highest BCUT2D eigenvalue weighted by Gasteiger charge is 2.32. The van der Waals surface area contributed by atoms with E-state index in [0.29, 0.717) is 19.6 Å². The summed E-state index contributed by atoms with van der Waals surface area (Å²) in [5.74, 6) is 0.191. The number of hydrogen-bond acceptors (Lipinski definition) is 4. The van der Waals surface area contributed by atoms with Gasteiger partial charge in [-0.15, -0.1) is 0 Å². The summed E-state index contributed by atoms with van der Waals surface area (Å²) < 4.78 is 5.61. The van der Waals surface area contributed by atoms with Gasteiger partial charge in [0.1, 0.15) is 5.75 Å². The molecule has 0 aromatic heterocycles. The molecule has 3 atom stereocenters. The molecule has 1 aliphatic rings. The molecule has 5 nitrogen and oxygen atoms in total. The minimum absolute atomic E-state index is 0.0231. The van der Waals surface area contributed by atoms with E-state index in [-0.39, 0.29) is 23.8 Å². The van der Waals surface area contributed by atoms with E-state index >= 15 is 0 Å². The summed E-state index contributed by atoms with van der Waals surface area (Å²) in [6.45, 7) is 5.20. The van der Waals surface area contributed by atoms with Gasteiger partial charge in [0.15, 0.2) is 0 Å². The molecule has 0 aliphatic carbocycles. The first-order chi connectivity index (χ1) is 10.0. The molecule has 1 aromatic carbocycles. The van der Waals surface area contributed by atoms with Gasteiger partial charge in [-0.3, -0.25) is 4.79 Å². The quantitative estimate of drug-likeness (QED) is 0.877. The number of ether oxygens (including phenoxy) is 1. The maximum Gasteiger partial charge on any atom is 0.240 e. The molecule has 3 unspecified atom stereocenters. The van der Waals surface area contributed by atoms with Gasteiger partial charge in [0.05, 0.1) is 24.8 Å². The zero-order valence-corrected chi connectivity index (χ0v) is 12.7. The van der Waals surface area contributed by atoms with Crippen LogP contribution in [-0.2, 0) is 16.0 Å². The zero-order valence-electron chi connectivity index (χ0n) is 12.7. The van der Waals surface area contributed by atoms with E-state index in [4.69, 9.17) is 10.5 Å². The van der Waals surface area contributed by atoms with Gasteiger partial charge in [-0.1, -0.05) is 19.1 Å². The van der Waals surface area contributed by atoms with Crippen LogP contribution >= 0.6 is 0 Å². The Labute approximate surface area is 125 Å². The topological polar surface area (TPSA) is 75.8 Å². The number of carbonyl (C=O) groups is 1. The maximum absolute atomic E-state index is 12.6. The molecule has 1 amide bonds. The number of phenolic OH excluding ortho intramolecular Hbond substituents is 1. The number of rotatable bonds is 4. The second-order valence-electron chi connectivity index (χ2n) is 5.67. The molecular weight excluding hydrogens is 268 g/mol. The monoisotopic (exact) mass is 292 g/mol. The number of aromatic hydroxyl groups is 1. The van der Waals surface area contributed by atoms with Crippen molar-refractivity contribution in [1.82, 2.24) is 4.90 Å². The highest BCUT2D eigenvalue weighted by Crippen LogP contribution is 2.17. The number of amides is 1. The van der Waals surface area contributed by atoms with Gasteiger partial charge in [0.25, 0.3) is 0 Å². The molecule has 0 radical (unpaired) electrons. The molecule has 1 saturated heterocycles. The van der Waals surface area contributed by atoms with Gasteiger partial charge in [-0.2, -0.15) is 0 Å². The molecule has 1 fully saturated rings. The molecule has 0 saturated carbocycles. The van der Waals surface area contributed by atoms with E-state index in [1.165, 1.54) is 0 Å². The molecule has 3 N–H and O–H groups in total. The van der Waals surface area contributed by atoms with Crippen molar-refractivity contribution in [2.45, 2.75) is 44.9 Å². The molecule has 5 heteroatoms. The Hall–Kier alpha value is -1.59. The number of nitrogens with zero attached hydrogens (tertiary/aromatic N) is 1. The SMILES string of the molecule is CCC1COC(C)CN1C(=O)C(N)Cc1ccc(O)cc1. The van der Waals surface area contributed by atoms with Crippen molar-refractivity contribution < 1.29 is 14.6 Å². The second kappa shape index (κ2) is 6.91. The summed E-state index contributed by atoms with van der Waals surface area (Å²) in [6, 6.07) is 6.35. The van der Waals surface area contributed by atoms with E-state index < -0.39 is 6.04 Å². The molecule has 1 heterocycles. The second-order valence-corrected chi connectivity index (χ2v) is 5.67. The van der Waals surface area contributed by atoms with Crippen LogP contribution in [0.1, 0.15) is 25.8 Å². The van der Waals surface area contributed by atoms with E-state index in [1.807, 2.05) is 11.8 Å². The Morgan fingerprint density at radius 1 is 1.48 bits per heavy atom. The molecule has 2 rings (SSSR count). The van der Waals surface area contributed by atoms with Gasteiger partial charge in [-0.25, -0.2) is 0 Å². The Balaban J connectivity index is 2.01. The van der Waals surface area contributed by atoms with Crippen LogP contribution in [0.4, 0.5) is 0 Å². The average Bonchev–Trinajstić information content (AvgIpc) is 2.48. The van der Waals surface area contributed by atoms with Crippen molar-refractivity contribution in [2.75, 3.05) is 13.2 Å². The normalized spacial score (nSPS) is 23.9. The van der Waals surface area contributed by atoms with E-state index in [9.17, 15) is 9.90 Å². The Kier molecular flexibility index (Phi) is 5.20. The smallest absolute Gasteiger partial charge is 0.240 e. The van der Waals surface area contributed by atoms with Crippen LogP contribution in [-0.4, -0.2) is 47.3 Å². The largest absolute Gasteiger partial charge is 0.508 e. The standard InChI is InChI=1S/C16H24N2O3/c1-3-13-10-21-11(2)9-18(13)16(20)15(17)8-12-4-6-14(19)7-5-12/h4-7,11,13,15,19H,3,8-10,17H2,1-2H3. The van der Waals surface area contributed by atoms with Crippen molar-refractivity contribution in [1.29, 1.82) is 0 Å². The predicted octanol–water partition coefficient (Wildman–Crippen LogP) is 1.29. The third kappa shape index (κ3) is 3.95. The summed E-state index contributed by atoms with van der Waals surface area (Å²) in [5, 5.41) is 9.28. The first kappa shape index (κ1) is 15.8. The summed E-state index contributed by atoms with van der Waals surface area (Å²) in [7, 11) is 0. The molecule has 1 aromatic rings. The Morgan fingerprint density at radius 3 is 2.76 bits per heavy atom. The lowest BCUT2D eigenvalue weighted by atomic mass is 10.0. The van der Waals surface area contributed by atoms with E-state index in [2.05, 4.69) is 6.92 Å². The summed E-state index contributed by atoms with van der Waals surface area (Å²) in [4.78, 5) is 14.4. The first-order valence-corrected chi connectivity index (χ1v) is 7.46. The fourth-order valence-corrected chi connectivity index (χ4v) is 2.64. The highest BCUT2D eigenvalue weighted by molar-refractivity contribution is 5.82. The highest BCUT2D eigenvalue weighted by atomic mass is 16.5. The Morgan fingerprint density at radius 2 is 2.14 bits per heavy atom. The van der Waals surface area contributed by atoms with Crippen molar-refractivity contribution >= 4 is 5.91 Å². The van der Waals surface area contributed by atoms with Crippen molar-refractivity contribution in [3.8, 4) is 5.75 Å². The fourth-order valence-electron chi connectivity index (χ4n) is 2.64. The van der Waals surface area contributed by atoms with Crippen LogP contribution in [0, 0.1) is 0 Å². The fraction of sp³-hybridized carbons (Fsp3) is 0.562. The number of hydrogen-bond donors (Lipinski definition) is 2. The molecular formula is C16H24N2O3. The van der Waals surface area contributed by atoms with Crippen LogP contribution in [0.2, 0.25) is 0 Å². The van der Waals surface area contributed by atoms with Gasteiger partial charge in [-0.05, 0) is 37.5 Å². The maximum atomic E-state index is 12.6. The molecule has 116 valence electrons. The predicted molar refractivity (Wildman–Crippen MR) is 81.0 cm³/mol. The minimum atomic E-state index is -0.561. The van der Waals surface area contributed by atoms with Crippen molar-refractivity contribution in [2.24, 2.45) is 5.73 Å². The zero-order chi connectivity index (χ0) is 15.4. The van der Waals surface area contributed by atoms with Crippen LogP contribution < -0.4 is 5.73 Å². The van der Waals surface area contributed by atoms with E-state index in [0.717, 1.165) is 12.0 Å². The average molecular weight is 292 g/mol. The molecule has 21 heavy (non-hydrogen) atoms. The van der Waals surface area contributed by atoms with Crippen molar-refractivity contribution in [3.63, 3.8) is 0 Å². The lowest BCUT2D eigenvalue weighted by Gasteiger charge is -2.39. The van der Waals surface area contributed by atoms with Gasteiger partial charge >= 0.3 is 0 Å². The van der Waals surface area contributed by atoms with Gasteiger partial charge < -0.3 is 20.5 Å². The van der Waals surface area contributed by atoms with Crippen LogP contribution in [0.25, 0.3) is 0 Å². The molecule has 1 aliphatic heterocycles. The number of morpholine rings is 1.